The van der Waals surface area contributed by atoms with Gasteiger partial charge < -0.3 is 10.1 Å². The number of carbonyl (C=O) groups is 2. The van der Waals surface area contributed by atoms with E-state index in [1.807, 2.05) is 25.3 Å². The Morgan fingerprint density at radius 1 is 1.40 bits per heavy atom. The molecule has 1 aliphatic carbocycles. The maximum Gasteiger partial charge on any atom is 0.348 e. The second kappa shape index (κ2) is 6.42. The molecule has 6 heteroatoms. The highest BCUT2D eigenvalue weighted by molar-refractivity contribution is 7.18. The molecule has 130 valence electrons. The highest BCUT2D eigenvalue weighted by atomic mass is 32.1. The fraction of sp³-hybridized carbons (Fsp3) is 0.368. The molecule has 0 fully saturated rings. The van der Waals surface area contributed by atoms with Crippen molar-refractivity contribution in [2.24, 2.45) is 0 Å². The molecule has 0 amide bonds. The molecule has 0 radical (unpaired) electrons. The van der Waals surface area contributed by atoms with E-state index in [-0.39, 0.29) is 17.7 Å². The summed E-state index contributed by atoms with van der Waals surface area (Å²) < 4.78 is 5.22. The van der Waals surface area contributed by atoms with E-state index in [2.05, 4.69) is 11.4 Å². The van der Waals surface area contributed by atoms with Gasteiger partial charge in [-0.05, 0) is 43.7 Å². The maximum absolute atomic E-state index is 12.7. The minimum atomic E-state index is -0.282. The van der Waals surface area contributed by atoms with Gasteiger partial charge in [-0.1, -0.05) is 6.07 Å². The van der Waals surface area contributed by atoms with Gasteiger partial charge in [-0.3, -0.25) is 4.79 Å². The zero-order valence-electron chi connectivity index (χ0n) is 14.2. The van der Waals surface area contributed by atoms with E-state index in [0.29, 0.717) is 17.9 Å². The Hall–Kier alpha value is -1.92. The number of fused-ring (bicyclic) bond motifs is 1. The first-order chi connectivity index (χ1) is 12.1. The molecule has 0 bridgehead atoms. The molecule has 1 N–H and O–H groups in total. The average molecular weight is 373 g/mol. The molecule has 0 saturated carbocycles. The van der Waals surface area contributed by atoms with Gasteiger partial charge in [-0.2, -0.15) is 0 Å². The molecule has 1 aliphatic heterocycles. The molecule has 1 atom stereocenters. The maximum atomic E-state index is 12.7. The number of anilines is 1. The number of rotatable bonds is 3. The van der Waals surface area contributed by atoms with Crippen LogP contribution in [0.1, 0.15) is 57.8 Å². The number of hydrogen-bond donors (Lipinski definition) is 1. The van der Waals surface area contributed by atoms with Gasteiger partial charge in [-0.15, -0.1) is 22.7 Å². The summed E-state index contributed by atoms with van der Waals surface area (Å²) in [5.74, 6) is -0.130. The Bertz CT molecular complexity index is 877. The van der Waals surface area contributed by atoms with Crippen molar-refractivity contribution in [2.75, 3.05) is 11.9 Å². The van der Waals surface area contributed by atoms with E-state index in [1.165, 1.54) is 11.3 Å². The van der Waals surface area contributed by atoms with Crippen LogP contribution in [0.25, 0.3) is 0 Å². The topological polar surface area (TPSA) is 55.4 Å². The van der Waals surface area contributed by atoms with Gasteiger partial charge in [-0.25, -0.2) is 4.79 Å². The van der Waals surface area contributed by atoms with Crippen molar-refractivity contribution < 1.29 is 14.3 Å². The Morgan fingerprint density at radius 3 is 2.96 bits per heavy atom. The number of ether oxygens (including phenoxy) is 1. The number of Topliss-reactive ketones (excluding diaryl/α,β-unsaturated/α-hetero) is 1. The Morgan fingerprint density at radius 2 is 2.24 bits per heavy atom. The lowest BCUT2D eigenvalue weighted by Gasteiger charge is -2.32. The Labute approximate surface area is 154 Å². The molecule has 0 saturated heterocycles. The normalized spacial score (nSPS) is 19.3. The second-order valence-corrected chi connectivity index (χ2v) is 8.26. The molecule has 25 heavy (non-hydrogen) atoms. The fourth-order valence-corrected chi connectivity index (χ4v) is 5.72. The van der Waals surface area contributed by atoms with E-state index in [0.717, 1.165) is 45.1 Å². The minimum absolute atomic E-state index is 0.0709. The van der Waals surface area contributed by atoms with E-state index < -0.39 is 0 Å². The van der Waals surface area contributed by atoms with E-state index in [1.54, 1.807) is 11.3 Å². The molecule has 3 heterocycles. The van der Waals surface area contributed by atoms with Crippen LogP contribution in [0.4, 0.5) is 5.00 Å². The first-order valence-corrected chi connectivity index (χ1v) is 10.2. The van der Waals surface area contributed by atoms with Gasteiger partial charge in [0.25, 0.3) is 0 Å². The summed E-state index contributed by atoms with van der Waals surface area (Å²) in [6.07, 6.45) is 2.37. The molecular formula is C19H19NO3S2. The number of allylic oxidation sites excluding steroid dienone is 2. The summed E-state index contributed by atoms with van der Waals surface area (Å²) >= 11 is 3.10. The van der Waals surface area contributed by atoms with Crippen LogP contribution < -0.4 is 5.32 Å². The van der Waals surface area contributed by atoms with Crippen LogP contribution in [0.3, 0.4) is 0 Å². The fourth-order valence-electron chi connectivity index (χ4n) is 3.71. The first kappa shape index (κ1) is 16.5. The number of carbonyl (C=O) groups excluding carboxylic acids is 2. The lowest BCUT2D eigenvalue weighted by molar-refractivity contribution is -0.116. The standard InChI is InChI=1S/C19H19NO3S2/c1-3-23-19(22)17-10(2)14-16(13-8-5-9-24-13)15-11(20-18(14)25-17)6-4-7-12(15)21/h5,8-9,16,20H,3-4,6-7H2,1-2H3/t16-/m0/s1. The molecule has 0 spiro atoms. The zero-order valence-corrected chi connectivity index (χ0v) is 15.8. The van der Waals surface area contributed by atoms with Gasteiger partial charge in [0.2, 0.25) is 0 Å². The third-order valence-corrected chi connectivity index (χ3v) is 6.92. The number of ketones is 1. The number of esters is 1. The van der Waals surface area contributed by atoms with Crippen LogP contribution in [-0.2, 0) is 9.53 Å². The van der Waals surface area contributed by atoms with E-state index in [4.69, 9.17) is 4.74 Å². The lowest BCUT2D eigenvalue weighted by atomic mass is 9.78. The van der Waals surface area contributed by atoms with Crippen molar-refractivity contribution >= 4 is 39.4 Å². The van der Waals surface area contributed by atoms with Crippen LogP contribution in [-0.4, -0.2) is 18.4 Å². The lowest BCUT2D eigenvalue weighted by Crippen LogP contribution is -2.26. The number of hydrogen-bond acceptors (Lipinski definition) is 6. The van der Waals surface area contributed by atoms with Crippen LogP contribution >= 0.6 is 22.7 Å². The molecule has 2 aliphatic rings. The van der Waals surface area contributed by atoms with Crippen molar-refractivity contribution in [1.82, 2.24) is 0 Å². The number of thiophene rings is 2. The van der Waals surface area contributed by atoms with Crippen molar-refractivity contribution in [3.05, 3.63) is 49.7 Å². The molecule has 2 aromatic heterocycles. The molecule has 0 aromatic carbocycles. The summed E-state index contributed by atoms with van der Waals surface area (Å²) in [5.41, 5.74) is 3.90. The van der Waals surface area contributed by atoms with Gasteiger partial charge in [0.1, 0.15) is 4.88 Å². The first-order valence-electron chi connectivity index (χ1n) is 8.48. The summed E-state index contributed by atoms with van der Waals surface area (Å²) in [6.45, 7) is 4.13. The summed E-state index contributed by atoms with van der Waals surface area (Å²) in [4.78, 5) is 26.8. The molecule has 4 rings (SSSR count). The van der Waals surface area contributed by atoms with Gasteiger partial charge in [0, 0.05) is 28.1 Å². The number of nitrogens with one attached hydrogen (secondary N) is 1. The molecule has 0 unspecified atom stereocenters. The highest BCUT2D eigenvalue weighted by Crippen LogP contribution is 2.51. The molecule has 2 aromatic rings. The van der Waals surface area contributed by atoms with Crippen LogP contribution in [0.5, 0.6) is 0 Å². The third kappa shape index (κ3) is 2.64. The average Bonchev–Trinajstić information content (AvgIpc) is 3.22. The summed E-state index contributed by atoms with van der Waals surface area (Å²) in [5, 5.41) is 6.47. The molecular weight excluding hydrogens is 354 g/mol. The Balaban J connectivity index is 1.89. The van der Waals surface area contributed by atoms with Crippen LogP contribution in [0, 0.1) is 6.92 Å². The van der Waals surface area contributed by atoms with E-state index >= 15 is 0 Å². The van der Waals surface area contributed by atoms with Gasteiger partial charge >= 0.3 is 5.97 Å². The quantitative estimate of drug-likeness (QED) is 0.781. The zero-order chi connectivity index (χ0) is 17.6. The predicted octanol–water partition coefficient (Wildman–Crippen LogP) is 4.86. The minimum Gasteiger partial charge on any atom is -0.462 e. The molecule has 4 nitrogen and oxygen atoms in total. The highest BCUT2D eigenvalue weighted by Gasteiger charge is 2.39. The predicted molar refractivity (Wildman–Crippen MR) is 101 cm³/mol. The van der Waals surface area contributed by atoms with Crippen molar-refractivity contribution in [2.45, 2.75) is 39.0 Å². The summed E-state index contributed by atoms with van der Waals surface area (Å²) in [6, 6.07) is 4.10. The van der Waals surface area contributed by atoms with Crippen LogP contribution in [0.15, 0.2) is 28.8 Å². The second-order valence-electron chi connectivity index (χ2n) is 6.26. The third-order valence-electron chi connectivity index (χ3n) is 4.78. The van der Waals surface area contributed by atoms with E-state index in [9.17, 15) is 9.59 Å². The van der Waals surface area contributed by atoms with Crippen molar-refractivity contribution in [3.8, 4) is 0 Å². The smallest absolute Gasteiger partial charge is 0.348 e. The largest absolute Gasteiger partial charge is 0.462 e. The van der Waals surface area contributed by atoms with Crippen molar-refractivity contribution in [1.29, 1.82) is 0 Å². The SMILES string of the molecule is CCOC(=O)c1sc2c(c1C)[C@H](c1cccs1)C1=C(CCCC1=O)N2. The van der Waals surface area contributed by atoms with Crippen LogP contribution in [0.2, 0.25) is 0 Å². The summed E-state index contributed by atoms with van der Waals surface area (Å²) in [7, 11) is 0. The van der Waals surface area contributed by atoms with Crippen molar-refractivity contribution in [3.63, 3.8) is 0 Å². The van der Waals surface area contributed by atoms with Gasteiger partial charge in [0.05, 0.1) is 17.5 Å². The Kier molecular flexibility index (Phi) is 4.25. The monoisotopic (exact) mass is 373 g/mol. The van der Waals surface area contributed by atoms with Gasteiger partial charge in [0.15, 0.2) is 5.78 Å².